The molecule has 1 aliphatic heterocycles. The molecule has 0 aromatic heterocycles. The maximum absolute atomic E-state index is 13.6. The van der Waals surface area contributed by atoms with Crippen LogP contribution < -0.4 is 4.90 Å². The van der Waals surface area contributed by atoms with Crippen LogP contribution in [0.25, 0.3) is 0 Å². The average molecular weight is 464 g/mol. The Bertz CT molecular complexity index is 1010. The number of carboxylic acids is 1. The van der Waals surface area contributed by atoms with Gasteiger partial charge in [-0.1, -0.05) is 32.0 Å². The molecule has 1 N–H and O–H groups in total. The molecule has 0 spiro atoms. The quantitative estimate of drug-likeness (QED) is 0.468. The first-order chi connectivity index (χ1) is 14.7. The van der Waals surface area contributed by atoms with Gasteiger partial charge in [0.05, 0.1) is 29.0 Å². The number of hydrogen-bond donors (Lipinski definition) is 1. The van der Waals surface area contributed by atoms with Gasteiger partial charge in [0.25, 0.3) is 0 Å². The second-order valence-corrected chi connectivity index (χ2v) is 10.8. The fourth-order valence-corrected chi connectivity index (χ4v) is 7.28. The number of carbonyl (C=O) groups is 1. The molecule has 8 heteroatoms. The normalized spacial score (nSPS) is 22.6. The average Bonchev–Trinajstić information content (AvgIpc) is 2.86. The molecule has 1 unspecified atom stereocenters. The van der Waals surface area contributed by atoms with Crippen LogP contribution in [-0.4, -0.2) is 44.1 Å². The summed E-state index contributed by atoms with van der Waals surface area (Å²) in [5, 5.41) is 8.84. The van der Waals surface area contributed by atoms with Crippen molar-refractivity contribution in [3.05, 3.63) is 64.3 Å². The van der Waals surface area contributed by atoms with Gasteiger partial charge in [-0.25, -0.2) is 13.2 Å². The molecule has 6 nitrogen and oxygen atoms in total. The zero-order chi connectivity index (χ0) is 22.6. The van der Waals surface area contributed by atoms with Crippen LogP contribution in [0, 0.1) is 5.41 Å². The predicted octanol–water partition coefficient (Wildman–Crippen LogP) is 4.57. The number of nitrogens with zero attached hydrogens (tertiary/aromatic N) is 1. The molecule has 1 aliphatic carbocycles. The highest BCUT2D eigenvalue weighted by molar-refractivity contribution is 8.02. The second-order valence-electron chi connectivity index (χ2n) is 7.95. The Kier molecular flexibility index (Phi) is 7.21. The summed E-state index contributed by atoms with van der Waals surface area (Å²) in [6.07, 6.45) is 7.51. The third-order valence-corrected chi connectivity index (χ3v) is 9.19. The standard InChI is InChI=1S/C23H29NO5S2/c1-4-23(5-2)15-24(17-9-7-6-8-10-17)18-13-20(30-3)19(29-12-11-22(25)26)14-21(18)31(27,28)16-23/h6-12,14,18H,4-5,13,15-16H2,1-3H3,(H,25,26)/b12-11+. The van der Waals surface area contributed by atoms with Crippen molar-refractivity contribution in [3.63, 3.8) is 0 Å². The zero-order valence-electron chi connectivity index (χ0n) is 18.1. The summed E-state index contributed by atoms with van der Waals surface area (Å²) in [6.45, 7) is 4.77. The summed E-state index contributed by atoms with van der Waals surface area (Å²) in [5.74, 6) is -0.639. The molecule has 2 aliphatic rings. The molecular weight excluding hydrogens is 434 g/mol. The van der Waals surface area contributed by atoms with Gasteiger partial charge in [-0.2, -0.15) is 0 Å². The van der Waals surface area contributed by atoms with Gasteiger partial charge in [0.15, 0.2) is 9.84 Å². The van der Waals surface area contributed by atoms with Crippen LogP contribution in [0.4, 0.5) is 5.69 Å². The van der Waals surface area contributed by atoms with Gasteiger partial charge in [0.1, 0.15) is 5.76 Å². The van der Waals surface area contributed by atoms with E-state index in [0.29, 0.717) is 23.6 Å². The Morgan fingerprint density at radius 1 is 1.29 bits per heavy atom. The fraction of sp³-hybridized carbons (Fsp3) is 0.435. The molecular formula is C23H29NO5S2. The number of sulfone groups is 1. The Labute approximate surface area is 188 Å². The molecule has 168 valence electrons. The van der Waals surface area contributed by atoms with Crippen molar-refractivity contribution in [2.45, 2.75) is 39.2 Å². The van der Waals surface area contributed by atoms with Crippen molar-refractivity contribution in [2.24, 2.45) is 5.41 Å². The number of allylic oxidation sites excluding steroid dienone is 1. The van der Waals surface area contributed by atoms with Gasteiger partial charge >= 0.3 is 5.97 Å². The van der Waals surface area contributed by atoms with E-state index in [4.69, 9.17) is 9.84 Å². The third kappa shape index (κ3) is 5.01. The number of para-hydroxylation sites is 1. The molecule has 3 rings (SSSR count). The summed E-state index contributed by atoms with van der Waals surface area (Å²) >= 11 is 1.49. The number of fused-ring (bicyclic) bond motifs is 1. The summed E-state index contributed by atoms with van der Waals surface area (Å²) in [4.78, 5) is 14.3. The van der Waals surface area contributed by atoms with Gasteiger partial charge < -0.3 is 14.7 Å². The molecule has 1 aromatic rings. The minimum absolute atomic E-state index is 0.0888. The number of hydrogen-bond acceptors (Lipinski definition) is 6. The van der Waals surface area contributed by atoms with E-state index in [-0.39, 0.29) is 17.2 Å². The van der Waals surface area contributed by atoms with Crippen LogP contribution in [0.5, 0.6) is 0 Å². The van der Waals surface area contributed by atoms with Gasteiger partial charge in [-0.05, 0) is 37.3 Å². The van der Waals surface area contributed by atoms with Gasteiger partial charge in [-0.15, -0.1) is 11.8 Å². The number of ether oxygens (including phenoxy) is 1. The molecule has 0 bridgehead atoms. The summed E-state index contributed by atoms with van der Waals surface area (Å²) in [5.41, 5.74) is 0.647. The van der Waals surface area contributed by atoms with E-state index >= 15 is 0 Å². The van der Waals surface area contributed by atoms with Crippen molar-refractivity contribution in [3.8, 4) is 0 Å². The topological polar surface area (TPSA) is 83.9 Å². The number of carboxylic acid groups (broad SMARTS) is 1. The van der Waals surface area contributed by atoms with Gasteiger partial charge in [-0.3, -0.25) is 0 Å². The van der Waals surface area contributed by atoms with E-state index in [0.717, 1.165) is 35.8 Å². The van der Waals surface area contributed by atoms with Crippen molar-refractivity contribution in [2.75, 3.05) is 23.5 Å². The van der Waals surface area contributed by atoms with E-state index in [1.54, 1.807) is 6.08 Å². The van der Waals surface area contributed by atoms with Crippen LogP contribution in [0.1, 0.15) is 33.1 Å². The van der Waals surface area contributed by atoms with Crippen LogP contribution >= 0.6 is 11.8 Å². The van der Waals surface area contributed by atoms with E-state index in [9.17, 15) is 13.2 Å². The van der Waals surface area contributed by atoms with Crippen molar-refractivity contribution >= 4 is 33.3 Å². The van der Waals surface area contributed by atoms with Gasteiger partial charge in [0, 0.05) is 29.0 Å². The van der Waals surface area contributed by atoms with Crippen molar-refractivity contribution in [1.82, 2.24) is 0 Å². The second kappa shape index (κ2) is 9.53. The summed E-state index contributed by atoms with van der Waals surface area (Å²) in [7, 11) is -3.54. The van der Waals surface area contributed by atoms with Crippen LogP contribution in [-0.2, 0) is 19.4 Å². The van der Waals surface area contributed by atoms with E-state index < -0.39 is 15.8 Å². The zero-order valence-corrected chi connectivity index (χ0v) is 19.7. The lowest BCUT2D eigenvalue weighted by molar-refractivity contribution is -0.131. The smallest absolute Gasteiger partial charge is 0.331 e. The molecule has 1 aromatic carbocycles. The molecule has 0 amide bonds. The van der Waals surface area contributed by atoms with Crippen LogP contribution in [0.3, 0.4) is 0 Å². The largest absolute Gasteiger partial charge is 0.478 e. The first kappa shape index (κ1) is 23.5. The summed E-state index contributed by atoms with van der Waals surface area (Å²) < 4.78 is 32.7. The van der Waals surface area contributed by atoms with E-state index in [1.165, 1.54) is 11.8 Å². The molecule has 0 saturated carbocycles. The minimum Gasteiger partial charge on any atom is -0.478 e. The van der Waals surface area contributed by atoms with Crippen molar-refractivity contribution in [1.29, 1.82) is 0 Å². The Morgan fingerprint density at radius 2 is 1.97 bits per heavy atom. The minimum atomic E-state index is -3.54. The first-order valence-electron chi connectivity index (χ1n) is 10.3. The highest BCUT2D eigenvalue weighted by Crippen LogP contribution is 2.44. The Morgan fingerprint density at radius 3 is 2.55 bits per heavy atom. The number of rotatable bonds is 7. The van der Waals surface area contributed by atoms with Gasteiger partial charge in [0.2, 0.25) is 0 Å². The molecule has 31 heavy (non-hydrogen) atoms. The lowest BCUT2D eigenvalue weighted by Gasteiger charge is -2.39. The highest BCUT2D eigenvalue weighted by Gasteiger charge is 2.46. The maximum Gasteiger partial charge on any atom is 0.331 e. The van der Waals surface area contributed by atoms with Crippen molar-refractivity contribution < 1.29 is 23.1 Å². The van der Waals surface area contributed by atoms with E-state index in [2.05, 4.69) is 18.7 Å². The third-order valence-electron chi connectivity index (χ3n) is 6.23. The molecule has 1 atom stereocenters. The lowest BCUT2D eigenvalue weighted by atomic mass is 9.83. The van der Waals surface area contributed by atoms with Crippen LogP contribution in [0.15, 0.2) is 64.3 Å². The molecule has 0 radical (unpaired) electrons. The first-order valence-corrected chi connectivity index (χ1v) is 13.2. The SMILES string of the molecule is CCC1(CC)CN(c2ccccc2)C2CC(SC)=C(O/C=C/C(=O)O)C=C2S(=O)(=O)C1. The maximum atomic E-state index is 13.6. The number of benzene rings is 1. The molecule has 1 saturated heterocycles. The predicted molar refractivity (Wildman–Crippen MR) is 125 cm³/mol. The number of aliphatic carboxylic acids is 1. The Hall–Kier alpha value is -2.19. The fourth-order valence-electron chi connectivity index (χ4n) is 4.26. The number of thioether (sulfide) groups is 1. The highest BCUT2D eigenvalue weighted by atomic mass is 32.2. The van der Waals surface area contributed by atoms with E-state index in [1.807, 2.05) is 36.6 Å². The monoisotopic (exact) mass is 463 g/mol. The molecule has 1 fully saturated rings. The van der Waals surface area contributed by atoms with Crippen LogP contribution in [0.2, 0.25) is 0 Å². The molecule has 1 heterocycles. The Balaban J connectivity index is 2.13. The number of anilines is 1. The lowest BCUT2D eigenvalue weighted by Crippen LogP contribution is -2.43. The summed E-state index contributed by atoms with van der Waals surface area (Å²) in [6, 6.07) is 9.61.